The van der Waals surface area contributed by atoms with Crippen LogP contribution in [0.5, 0.6) is 5.75 Å². The van der Waals surface area contributed by atoms with E-state index in [1.165, 1.54) is 11.1 Å². The highest BCUT2D eigenvalue weighted by Crippen LogP contribution is 2.59. The van der Waals surface area contributed by atoms with Crippen LogP contribution in [-0.2, 0) is 16.7 Å². The van der Waals surface area contributed by atoms with Crippen LogP contribution in [0.25, 0.3) is 0 Å². The van der Waals surface area contributed by atoms with Crippen molar-refractivity contribution in [3.63, 3.8) is 0 Å². The van der Waals surface area contributed by atoms with Gasteiger partial charge in [0.2, 0.25) is 0 Å². The molecule has 4 heteroatoms. The summed E-state index contributed by atoms with van der Waals surface area (Å²) in [4.78, 5) is 1.78. The maximum Gasteiger partial charge on any atom is 0.119 e. The number of hydrogen-bond acceptors (Lipinski definition) is 3. The van der Waals surface area contributed by atoms with Crippen LogP contribution in [-0.4, -0.2) is 31.6 Å². The lowest BCUT2D eigenvalue weighted by atomic mass is 9.56. The van der Waals surface area contributed by atoms with Gasteiger partial charge in [0, 0.05) is 11.5 Å². The molecular weight excluding hydrogens is 344 g/mol. The highest BCUT2D eigenvalue weighted by Gasteiger charge is 2.60. The van der Waals surface area contributed by atoms with Gasteiger partial charge in [-0.1, -0.05) is 25.1 Å². The second-order valence-corrected chi connectivity index (χ2v) is 8.31. The second kappa shape index (κ2) is 6.01. The van der Waals surface area contributed by atoms with Crippen molar-refractivity contribution in [3.05, 3.63) is 64.7 Å². The number of nitrogens with zero attached hydrogens (tertiary/aromatic N) is 2. The average Bonchev–Trinajstić information content (AvgIpc) is 2.67. The molecular formula is C22H23ClN2O. The minimum absolute atomic E-state index is 0.178. The van der Waals surface area contributed by atoms with Gasteiger partial charge in [0.15, 0.2) is 0 Å². The van der Waals surface area contributed by atoms with Gasteiger partial charge in [-0.25, -0.2) is 0 Å². The Morgan fingerprint density at radius 2 is 2.08 bits per heavy atom. The van der Waals surface area contributed by atoms with Crippen molar-refractivity contribution in [2.45, 2.75) is 36.1 Å². The quantitative estimate of drug-likeness (QED) is 0.746. The molecule has 0 aromatic heterocycles. The monoisotopic (exact) mass is 366 g/mol. The Kier molecular flexibility index (Phi) is 4.02. The average molecular weight is 367 g/mol. The number of methoxy groups -OCH3 is 1. The third kappa shape index (κ3) is 2.22. The van der Waals surface area contributed by atoms with Gasteiger partial charge in [0.1, 0.15) is 5.75 Å². The molecule has 0 radical (unpaired) electrons. The number of fused-ring (bicyclic) bond motifs is 4. The molecule has 1 unspecified atom stereocenters. The van der Waals surface area contributed by atoms with Gasteiger partial charge in [-0.15, -0.1) is 11.6 Å². The van der Waals surface area contributed by atoms with Crippen molar-refractivity contribution in [2.24, 2.45) is 0 Å². The fraction of sp³-hybridized carbons (Fsp3) is 0.409. The van der Waals surface area contributed by atoms with Crippen LogP contribution in [0.3, 0.4) is 0 Å². The number of piperidine rings is 1. The summed E-state index contributed by atoms with van der Waals surface area (Å²) in [6.45, 7) is 3.28. The number of halogens is 1. The number of rotatable bonds is 2. The summed E-state index contributed by atoms with van der Waals surface area (Å²) in [5, 5.41) is 9.37. The molecule has 1 saturated heterocycles. The molecule has 2 aromatic rings. The Balaban J connectivity index is 1.97. The molecule has 0 saturated carbocycles. The molecule has 2 aromatic carbocycles. The summed E-state index contributed by atoms with van der Waals surface area (Å²) in [6, 6.07) is 16.6. The second-order valence-electron chi connectivity index (χ2n) is 7.71. The van der Waals surface area contributed by atoms with Crippen molar-refractivity contribution in [3.8, 4) is 11.8 Å². The maximum atomic E-state index is 9.37. The van der Waals surface area contributed by atoms with Crippen LogP contribution in [0.2, 0.25) is 0 Å². The number of nitriles is 1. The Labute approximate surface area is 160 Å². The van der Waals surface area contributed by atoms with Gasteiger partial charge < -0.3 is 9.64 Å². The number of ether oxygens (including phenoxy) is 1. The van der Waals surface area contributed by atoms with E-state index in [9.17, 15) is 5.26 Å². The van der Waals surface area contributed by atoms with Gasteiger partial charge in [-0.05, 0) is 67.4 Å². The fourth-order valence-corrected chi connectivity index (χ4v) is 5.50. The van der Waals surface area contributed by atoms with E-state index < -0.39 is 4.87 Å². The van der Waals surface area contributed by atoms with E-state index in [1.54, 1.807) is 7.11 Å². The first-order chi connectivity index (χ1) is 12.4. The van der Waals surface area contributed by atoms with Gasteiger partial charge in [-0.3, -0.25) is 0 Å². The molecule has 0 amide bonds. The third-order valence-corrected chi connectivity index (χ3v) is 7.38. The molecule has 134 valence electrons. The number of alkyl halides is 1. The predicted octanol–water partition coefficient (Wildman–Crippen LogP) is 4.22. The van der Waals surface area contributed by atoms with Crippen molar-refractivity contribution < 1.29 is 4.74 Å². The largest absolute Gasteiger partial charge is 0.497 e. The predicted molar refractivity (Wildman–Crippen MR) is 104 cm³/mol. The molecule has 26 heavy (non-hydrogen) atoms. The van der Waals surface area contributed by atoms with Crippen molar-refractivity contribution in [2.75, 3.05) is 20.7 Å². The molecule has 1 aliphatic heterocycles. The van der Waals surface area contributed by atoms with Crippen LogP contribution in [0.15, 0.2) is 42.5 Å². The minimum Gasteiger partial charge on any atom is -0.497 e. The minimum atomic E-state index is -0.591. The summed E-state index contributed by atoms with van der Waals surface area (Å²) < 4.78 is 5.50. The zero-order valence-corrected chi connectivity index (χ0v) is 16.2. The van der Waals surface area contributed by atoms with Crippen LogP contribution >= 0.6 is 11.6 Å². The van der Waals surface area contributed by atoms with Gasteiger partial charge in [0.05, 0.1) is 23.6 Å². The Morgan fingerprint density at radius 3 is 2.81 bits per heavy atom. The van der Waals surface area contributed by atoms with Crippen LogP contribution in [0, 0.1) is 11.3 Å². The topological polar surface area (TPSA) is 36.3 Å². The molecule has 0 spiro atoms. The summed E-state index contributed by atoms with van der Waals surface area (Å²) in [7, 11) is 3.86. The van der Waals surface area contributed by atoms with Gasteiger partial charge in [-0.2, -0.15) is 5.26 Å². The number of hydrogen-bond donors (Lipinski definition) is 0. The molecule has 1 fully saturated rings. The smallest absolute Gasteiger partial charge is 0.119 e. The van der Waals surface area contributed by atoms with Crippen molar-refractivity contribution >= 4 is 11.6 Å². The normalized spacial score (nSPS) is 30.3. The lowest BCUT2D eigenvalue weighted by Crippen LogP contribution is -2.65. The standard InChI is InChI=1S/C22H23ClN2O/c1-21-9-10-25(2)20(12-16-7-8-18(26-3)13-19(16)21)22(21,23)17-6-4-5-15(11-17)14-24/h4-8,11,13,20H,9-10,12H2,1-3H3/t20-,21+,22?/m1/s1. The van der Waals surface area contributed by atoms with E-state index in [1.807, 2.05) is 24.3 Å². The zero-order chi connectivity index (χ0) is 18.5. The van der Waals surface area contributed by atoms with Crippen LogP contribution in [0.4, 0.5) is 0 Å². The van der Waals surface area contributed by atoms with Crippen LogP contribution < -0.4 is 4.74 Å². The molecule has 1 aliphatic carbocycles. The number of likely N-dealkylation sites (tertiary alicyclic amines) is 1. The molecule has 3 atom stereocenters. The summed E-state index contributed by atoms with van der Waals surface area (Å²) in [6.07, 6.45) is 1.85. The molecule has 2 bridgehead atoms. The molecule has 0 N–H and O–H groups in total. The first kappa shape index (κ1) is 17.4. The maximum absolute atomic E-state index is 9.37. The molecule has 4 rings (SSSR count). The Hall–Kier alpha value is -2.02. The third-order valence-electron chi connectivity index (χ3n) is 6.50. The van der Waals surface area contributed by atoms with Crippen molar-refractivity contribution in [1.82, 2.24) is 4.90 Å². The first-order valence-electron chi connectivity index (χ1n) is 9.01. The Morgan fingerprint density at radius 1 is 1.27 bits per heavy atom. The lowest BCUT2D eigenvalue weighted by Gasteiger charge is -2.60. The van der Waals surface area contributed by atoms with Gasteiger partial charge in [0.25, 0.3) is 0 Å². The zero-order valence-electron chi connectivity index (χ0n) is 15.4. The Bertz CT molecular complexity index is 905. The molecule has 1 heterocycles. The molecule has 3 nitrogen and oxygen atoms in total. The van der Waals surface area contributed by atoms with Crippen LogP contribution in [0.1, 0.15) is 35.6 Å². The highest BCUT2D eigenvalue weighted by molar-refractivity contribution is 6.26. The van der Waals surface area contributed by atoms with E-state index >= 15 is 0 Å². The SMILES string of the molecule is COc1ccc2c(c1)[C@]1(C)CCN(C)[C@H](C2)C1(Cl)c1cccc(C#N)c1. The van der Waals surface area contributed by atoms with E-state index in [0.717, 1.165) is 30.7 Å². The van der Waals surface area contributed by atoms with Crippen molar-refractivity contribution in [1.29, 1.82) is 5.26 Å². The van der Waals surface area contributed by atoms with E-state index in [4.69, 9.17) is 16.3 Å². The first-order valence-corrected chi connectivity index (χ1v) is 9.39. The summed E-state index contributed by atoms with van der Waals surface area (Å²) in [5.74, 6) is 0.868. The van der Waals surface area contributed by atoms with E-state index in [-0.39, 0.29) is 11.5 Å². The highest BCUT2D eigenvalue weighted by atomic mass is 35.5. The molecule has 2 aliphatic rings. The number of likely N-dealkylation sites (N-methyl/N-ethyl adjacent to an activating group) is 1. The summed E-state index contributed by atoms with van der Waals surface area (Å²) in [5.41, 5.74) is 4.08. The van der Waals surface area contributed by atoms with E-state index in [2.05, 4.69) is 43.1 Å². The number of benzene rings is 2. The fourth-order valence-electron chi connectivity index (χ4n) is 4.94. The summed E-state index contributed by atoms with van der Waals surface area (Å²) >= 11 is 7.56. The van der Waals surface area contributed by atoms with Gasteiger partial charge >= 0.3 is 0 Å². The lowest BCUT2D eigenvalue weighted by molar-refractivity contribution is 0.0580. The van der Waals surface area contributed by atoms with E-state index in [0.29, 0.717) is 5.56 Å².